The summed E-state index contributed by atoms with van der Waals surface area (Å²) in [5.74, 6) is 0.848. The van der Waals surface area contributed by atoms with Crippen LogP contribution in [0.5, 0.6) is 0 Å². The van der Waals surface area contributed by atoms with Gasteiger partial charge in [-0.1, -0.05) is 6.92 Å². The molecule has 2 rings (SSSR count). The average Bonchev–Trinajstić information content (AvgIpc) is 2.36. The zero-order valence-electron chi connectivity index (χ0n) is 11.3. The number of nitrogens with two attached hydrogens (primary N) is 1. The van der Waals surface area contributed by atoms with Crippen molar-refractivity contribution in [1.82, 2.24) is 15.0 Å². The van der Waals surface area contributed by atoms with Crippen LogP contribution in [0, 0.1) is 44.4 Å². The Balaban J connectivity index is 0.00000220. The van der Waals surface area contributed by atoms with Gasteiger partial charge in [0.05, 0.1) is 5.69 Å². The molecule has 8 nitrogen and oxygen atoms in total. The van der Waals surface area contributed by atoms with Crippen molar-refractivity contribution in [3.63, 3.8) is 0 Å². The van der Waals surface area contributed by atoms with E-state index in [1.165, 1.54) is 18.2 Å². The molecular formula is C11H12N5O3SU+. The Hall–Kier alpha value is -1.21. The fraction of sp³-hybridized carbons (Fsp3) is 0.182. The fourth-order valence-electron chi connectivity index (χ4n) is 1.58. The molecule has 0 saturated heterocycles. The van der Waals surface area contributed by atoms with Gasteiger partial charge in [0, 0.05) is 24.9 Å². The molecule has 0 aliphatic carbocycles. The van der Waals surface area contributed by atoms with Crippen LogP contribution in [0.4, 0.5) is 17.3 Å². The number of benzene rings is 1. The summed E-state index contributed by atoms with van der Waals surface area (Å²) in [6.07, 6.45) is 2.46. The van der Waals surface area contributed by atoms with Crippen LogP contribution < -0.4 is 10.6 Å². The number of nitrogens with zero attached hydrogens (tertiary/aromatic N) is 4. The Kier molecular flexibility index (Phi) is 5.69. The summed E-state index contributed by atoms with van der Waals surface area (Å²) in [7, 11) is -2.65. The minimum absolute atomic E-state index is 0. The molecule has 108 valence electrons. The van der Waals surface area contributed by atoms with Crippen LogP contribution in [0.1, 0.15) is 5.82 Å². The topological polar surface area (TPSA) is 122 Å². The minimum Gasteiger partial charge on any atom is -0.398 e. The van der Waals surface area contributed by atoms with E-state index in [9.17, 15) is 8.42 Å². The van der Waals surface area contributed by atoms with E-state index in [0.717, 1.165) is 0 Å². The Morgan fingerprint density at radius 1 is 1.33 bits per heavy atom. The van der Waals surface area contributed by atoms with Gasteiger partial charge < -0.3 is 25.6 Å². The van der Waals surface area contributed by atoms with Gasteiger partial charge in [-0.15, -0.1) is 0 Å². The summed E-state index contributed by atoms with van der Waals surface area (Å²) in [4.78, 5) is 13.0. The first kappa shape index (κ1) is 17.8. The minimum atomic E-state index is -4.34. The summed E-state index contributed by atoms with van der Waals surface area (Å²) < 4.78 is 31.1. The largest absolute Gasteiger partial charge is 2.00 e. The van der Waals surface area contributed by atoms with Gasteiger partial charge in [-0.2, -0.15) is 8.42 Å². The third kappa shape index (κ3) is 4.14. The van der Waals surface area contributed by atoms with Crippen molar-refractivity contribution in [2.24, 2.45) is 0 Å². The molecule has 0 saturated carbocycles. The summed E-state index contributed by atoms with van der Waals surface area (Å²) >= 11 is 0. The number of hydrogen-bond donors (Lipinski definition) is 2. The zero-order chi connectivity index (χ0) is 14.9. The SMILES string of the molecule is Cc1n[c-]nc(N(C)c2ccc(S(=O)(=O)O)c(N)c2)n1.[U+2]. The van der Waals surface area contributed by atoms with Gasteiger partial charge in [0.25, 0.3) is 10.1 Å². The van der Waals surface area contributed by atoms with Crippen molar-refractivity contribution < 1.29 is 44.1 Å². The van der Waals surface area contributed by atoms with E-state index in [1.807, 2.05) is 0 Å². The number of aromatic nitrogens is 3. The number of rotatable bonds is 3. The second-order valence-electron chi connectivity index (χ2n) is 4.04. The number of aryl methyl sites for hydroxylation is 1. The monoisotopic (exact) mass is 532 g/mol. The molecule has 3 N–H and O–H groups in total. The molecule has 1 aromatic carbocycles. The van der Waals surface area contributed by atoms with Crippen LogP contribution in [0.15, 0.2) is 23.1 Å². The molecule has 0 fully saturated rings. The summed E-state index contributed by atoms with van der Waals surface area (Å²) in [6.45, 7) is 1.70. The maximum Gasteiger partial charge on any atom is 2.00 e. The summed E-state index contributed by atoms with van der Waals surface area (Å²) in [6, 6.07) is 4.11. The third-order valence-electron chi connectivity index (χ3n) is 2.58. The molecule has 1 heterocycles. The molecule has 0 atom stereocenters. The Morgan fingerprint density at radius 3 is 2.52 bits per heavy atom. The van der Waals surface area contributed by atoms with Gasteiger partial charge in [-0.3, -0.25) is 4.55 Å². The second-order valence-corrected chi connectivity index (χ2v) is 5.43. The molecule has 21 heavy (non-hydrogen) atoms. The first-order chi connectivity index (χ1) is 9.29. The van der Waals surface area contributed by atoms with Crippen molar-refractivity contribution in [3.8, 4) is 0 Å². The molecule has 0 radical (unpaired) electrons. The molecule has 0 aliphatic rings. The van der Waals surface area contributed by atoms with E-state index >= 15 is 0 Å². The first-order valence-corrected chi connectivity index (χ1v) is 6.92. The van der Waals surface area contributed by atoms with Crippen LogP contribution in [0.2, 0.25) is 0 Å². The predicted octanol–water partition coefficient (Wildman–Crippen LogP) is 0.577. The van der Waals surface area contributed by atoms with E-state index in [1.54, 1.807) is 18.9 Å². The zero-order valence-corrected chi connectivity index (χ0v) is 16.3. The average molecular weight is 532 g/mol. The Bertz CT molecular complexity index is 753. The second kappa shape index (κ2) is 6.70. The van der Waals surface area contributed by atoms with E-state index in [-0.39, 0.29) is 41.7 Å². The predicted molar refractivity (Wildman–Crippen MR) is 72.1 cm³/mol. The Morgan fingerprint density at radius 2 is 2.00 bits per heavy atom. The standard InChI is InChI=1S/C11H12N5O3S.U/c1-7-13-6-14-11(15-7)16(2)8-3-4-10(9(12)5-8)20(17,18)19;/h3-5H,12H2,1-2H3,(H,17,18,19);/q-1;+2. The van der Waals surface area contributed by atoms with Crippen molar-refractivity contribution in [2.45, 2.75) is 11.8 Å². The van der Waals surface area contributed by atoms with Crippen LogP contribution in [0.3, 0.4) is 0 Å². The van der Waals surface area contributed by atoms with Crippen molar-refractivity contribution in [2.75, 3.05) is 17.7 Å². The molecule has 0 unspecified atom stereocenters. The van der Waals surface area contributed by atoms with Crippen LogP contribution in [-0.2, 0) is 10.1 Å². The van der Waals surface area contributed by atoms with E-state index in [4.69, 9.17) is 10.3 Å². The van der Waals surface area contributed by atoms with Gasteiger partial charge in [-0.25, -0.2) is 0 Å². The fourth-order valence-corrected chi connectivity index (χ4v) is 2.18. The first-order valence-electron chi connectivity index (χ1n) is 5.48. The van der Waals surface area contributed by atoms with Crippen LogP contribution >= 0.6 is 0 Å². The molecule has 0 spiro atoms. The smallest absolute Gasteiger partial charge is 0.398 e. The summed E-state index contributed by atoms with van der Waals surface area (Å²) in [5.41, 5.74) is 6.13. The molecule has 1 aromatic heterocycles. The quantitative estimate of drug-likeness (QED) is 0.335. The van der Waals surface area contributed by atoms with Gasteiger partial charge >= 0.3 is 31.1 Å². The van der Waals surface area contributed by atoms with Crippen LogP contribution in [0.25, 0.3) is 0 Å². The number of anilines is 3. The van der Waals surface area contributed by atoms with Crippen molar-refractivity contribution in [1.29, 1.82) is 0 Å². The Labute approximate surface area is 145 Å². The maximum atomic E-state index is 11.1. The molecule has 10 heteroatoms. The number of nitrogen functional groups attached to an aromatic ring is 1. The van der Waals surface area contributed by atoms with E-state index in [2.05, 4.69) is 21.3 Å². The van der Waals surface area contributed by atoms with E-state index < -0.39 is 10.1 Å². The van der Waals surface area contributed by atoms with Crippen molar-refractivity contribution >= 4 is 27.4 Å². The van der Waals surface area contributed by atoms with Gasteiger partial charge in [0.15, 0.2) is 0 Å². The number of hydrogen-bond acceptors (Lipinski definition) is 7. The summed E-state index contributed by atoms with van der Waals surface area (Å²) in [5, 5.41) is 0. The van der Waals surface area contributed by atoms with E-state index in [0.29, 0.717) is 17.5 Å². The third-order valence-corrected chi connectivity index (χ3v) is 3.51. The van der Waals surface area contributed by atoms with Gasteiger partial charge in [-0.05, 0) is 18.2 Å². The van der Waals surface area contributed by atoms with Crippen LogP contribution in [-0.4, -0.2) is 35.0 Å². The normalized spacial score (nSPS) is 10.8. The maximum absolute atomic E-state index is 11.1. The molecule has 2 aromatic rings. The molecule has 0 amide bonds. The van der Waals surface area contributed by atoms with Gasteiger partial charge in [0.1, 0.15) is 10.8 Å². The van der Waals surface area contributed by atoms with Gasteiger partial charge in [0.2, 0.25) is 0 Å². The molecule has 0 bridgehead atoms. The van der Waals surface area contributed by atoms with Crippen molar-refractivity contribution in [3.05, 3.63) is 30.4 Å². The molecular weight excluding hydrogens is 520 g/mol. The molecule has 0 aliphatic heterocycles.